The average Bonchev–Trinajstić information content (AvgIpc) is 2.62. The van der Waals surface area contributed by atoms with Gasteiger partial charge in [-0.1, -0.05) is 24.6 Å². The largest absolute Gasteiger partial charge is 0.368 e. The zero-order chi connectivity index (χ0) is 18.6. The van der Waals surface area contributed by atoms with Crippen molar-refractivity contribution in [1.82, 2.24) is 10.2 Å². The number of aromatic nitrogens is 2. The zero-order valence-corrected chi connectivity index (χ0v) is 16.2. The van der Waals surface area contributed by atoms with Crippen LogP contribution in [0.3, 0.4) is 0 Å². The van der Waals surface area contributed by atoms with Gasteiger partial charge < -0.3 is 9.80 Å². The van der Waals surface area contributed by atoms with Gasteiger partial charge in [-0.3, -0.25) is 4.72 Å². The molecule has 0 radical (unpaired) electrons. The Balaban J connectivity index is 1.59. The minimum absolute atomic E-state index is 0.0713. The third kappa shape index (κ3) is 4.76. The van der Waals surface area contributed by atoms with Gasteiger partial charge in [0.2, 0.25) is 10.0 Å². The summed E-state index contributed by atoms with van der Waals surface area (Å²) in [6.45, 7) is 5.14. The van der Waals surface area contributed by atoms with E-state index in [1.165, 1.54) is 0 Å². The summed E-state index contributed by atoms with van der Waals surface area (Å²) in [6, 6.07) is 11.3. The SMILES string of the molecule is CCCS(=O)(=O)Nc1ccc(N2CCN(c3cccc(Cl)c3)CC2)nn1. The van der Waals surface area contributed by atoms with Gasteiger partial charge in [0.15, 0.2) is 11.6 Å². The van der Waals surface area contributed by atoms with E-state index in [0.717, 1.165) is 42.7 Å². The smallest absolute Gasteiger partial charge is 0.233 e. The van der Waals surface area contributed by atoms with E-state index in [2.05, 4.69) is 30.8 Å². The van der Waals surface area contributed by atoms with E-state index >= 15 is 0 Å². The Morgan fingerprint density at radius 2 is 1.81 bits per heavy atom. The lowest BCUT2D eigenvalue weighted by Gasteiger charge is -2.36. The van der Waals surface area contributed by atoms with Crippen LogP contribution in [-0.4, -0.2) is 50.5 Å². The average molecular weight is 396 g/mol. The molecule has 0 atom stereocenters. The number of hydrogen-bond donors (Lipinski definition) is 1. The fourth-order valence-electron chi connectivity index (χ4n) is 2.89. The highest BCUT2D eigenvalue weighted by atomic mass is 35.5. The number of nitrogens with zero attached hydrogens (tertiary/aromatic N) is 4. The lowest BCUT2D eigenvalue weighted by atomic mass is 10.2. The van der Waals surface area contributed by atoms with Crippen molar-refractivity contribution in [2.24, 2.45) is 0 Å². The molecule has 0 spiro atoms. The summed E-state index contributed by atoms with van der Waals surface area (Å²) >= 11 is 6.06. The molecule has 1 N–H and O–H groups in total. The van der Waals surface area contributed by atoms with Gasteiger partial charge in [0.25, 0.3) is 0 Å². The van der Waals surface area contributed by atoms with Crippen LogP contribution in [-0.2, 0) is 10.0 Å². The first-order valence-corrected chi connectivity index (χ1v) is 10.6. The molecule has 140 valence electrons. The molecule has 7 nitrogen and oxygen atoms in total. The lowest BCUT2D eigenvalue weighted by molar-refractivity contribution is 0.599. The Kier molecular flexibility index (Phi) is 5.83. The standard InChI is InChI=1S/C17H22ClN5O2S/c1-2-12-26(24,25)21-16-6-7-17(20-19-16)23-10-8-22(9-11-23)15-5-3-4-14(18)13-15/h3-7,13H,2,8-12H2,1H3,(H,19,21). The molecule has 1 saturated heterocycles. The van der Waals surface area contributed by atoms with Crippen molar-refractivity contribution in [3.05, 3.63) is 41.4 Å². The number of nitrogens with one attached hydrogen (secondary N) is 1. The van der Waals surface area contributed by atoms with Gasteiger partial charge in [-0.15, -0.1) is 10.2 Å². The molecule has 2 aromatic rings. The minimum atomic E-state index is -3.35. The van der Waals surface area contributed by atoms with Crippen molar-refractivity contribution in [2.45, 2.75) is 13.3 Å². The maximum Gasteiger partial charge on any atom is 0.233 e. The molecule has 1 aromatic carbocycles. The molecule has 3 rings (SSSR count). The van der Waals surface area contributed by atoms with E-state index in [1.807, 2.05) is 25.1 Å². The molecule has 26 heavy (non-hydrogen) atoms. The number of hydrogen-bond acceptors (Lipinski definition) is 6. The molecule has 2 heterocycles. The van der Waals surface area contributed by atoms with Crippen LogP contribution in [0.5, 0.6) is 0 Å². The molecule has 0 unspecified atom stereocenters. The van der Waals surface area contributed by atoms with Crippen molar-refractivity contribution in [1.29, 1.82) is 0 Å². The molecular weight excluding hydrogens is 374 g/mol. The number of piperazine rings is 1. The minimum Gasteiger partial charge on any atom is -0.368 e. The molecule has 1 aliphatic heterocycles. The predicted octanol–water partition coefficient (Wildman–Crippen LogP) is 2.61. The normalized spacial score (nSPS) is 15.2. The highest BCUT2D eigenvalue weighted by Gasteiger charge is 2.19. The van der Waals surface area contributed by atoms with E-state index < -0.39 is 10.0 Å². The molecule has 0 aliphatic carbocycles. The van der Waals surface area contributed by atoms with Crippen LogP contribution in [0.1, 0.15) is 13.3 Å². The first kappa shape index (κ1) is 18.7. The van der Waals surface area contributed by atoms with Crippen LogP contribution in [0.4, 0.5) is 17.3 Å². The summed E-state index contributed by atoms with van der Waals surface area (Å²) < 4.78 is 26.0. The van der Waals surface area contributed by atoms with E-state index in [9.17, 15) is 8.42 Å². The van der Waals surface area contributed by atoms with Crippen LogP contribution in [0, 0.1) is 0 Å². The summed E-state index contributed by atoms with van der Waals surface area (Å²) in [4.78, 5) is 4.42. The quantitative estimate of drug-likeness (QED) is 0.810. The molecule has 9 heteroatoms. The van der Waals surface area contributed by atoms with Crippen LogP contribution in [0.25, 0.3) is 0 Å². The van der Waals surface area contributed by atoms with Crippen molar-refractivity contribution in [3.8, 4) is 0 Å². The Morgan fingerprint density at radius 1 is 1.08 bits per heavy atom. The Morgan fingerprint density at radius 3 is 2.42 bits per heavy atom. The van der Waals surface area contributed by atoms with E-state index in [0.29, 0.717) is 6.42 Å². The fraction of sp³-hybridized carbons (Fsp3) is 0.412. The van der Waals surface area contributed by atoms with Crippen LogP contribution in [0.15, 0.2) is 36.4 Å². The molecule has 1 aromatic heterocycles. The van der Waals surface area contributed by atoms with Crippen molar-refractivity contribution in [3.63, 3.8) is 0 Å². The molecule has 0 bridgehead atoms. The van der Waals surface area contributed by atoms with Crippen LogP contribution >= 0.6 is 11.6 Å². The van der Waals surface area contributed by atoms with Gasteiger partial charge in [-0.05, 0) is 36.8 Å². The summed E-state index contributed by atoms with van der Waals surface area (Å²) in [5, 5.41) is 8.90. The molecule has 0 amide bonds. The third-order valence-electron chi connectivity index (χ3n) is 4.16. The second kappa shape index (κ2) is 8.09. The van der Waals surface area contributed by atoms with Gasteiger partial charge in [-0.25, -0.2) is 8.42 Å². The van der Waals surface area contributed by atoms with E-state index in [-0.39, 0.29) is 11.6 Å². The highest BCUT2D eigenvalue weighted by Crippen LogP contribution is 2.22. The number of halogens is 1. The number of anilines is 3. The van der Waals surface area contributed by atoms with Crippen molar-refractivity contribution >= 4 is 38.9 Å². The van der Waals surface area contributed by atoms with E-state index in [4.69, 9.17) is 11.6 Å². The topological polar surface area (TPSA) is 78.4 Å². The summed E-state index contributed by atoms with van der Waals surface area (Å²) in [7, 11) is -3.35. The second-order valence-corrected chi connectivity index (χ2v) is 8.43. The predicted molar refractivity (Wildman–Crippen MR) is 106 cm³/mol. The second-order valence-electron chi connectivity index (χ2n) is 6.15. The van der Waals surface area contributed by atoms with Gasteiger partial charge in [0, 0.05) is 36.9 Å². The summed E-state index contributed by atoms with van der Waals surface area (Å²) in [5.74, 6) is 1.07. The molecule has 1 fully saturated rings. The third-order valence-corrected chi connectivity index (χ3v) is 5.86. The maximum absolute atomic E-state index is 11.8. The monoisotopic (exact) mass is 395 g/mol. The van der Waals surface area contributed by atoms with Gasteiger partial charge in [-0.2, -0.15) is 0 Å². The Labute approximate surface area is 159 Å². The van der Waals surface area contributed by atoms with Gasteiger partial charge in [0.05, 0.1) is 5.75 Å². The first-order chi connectivity index (χ1) is 12.5. The Bertz CT molecular complexity index is 836. The zero-order valence-electron chi connectivity index (χ0n) is 14.6. The summed E-state index contributed by atoms with van der Waals surface area (Å²) in [5.41, 5.74) is 1.11. The number of benzene rings is 1. The fourth-order valence-corrected chi connectivity index (χ4v) is 4.15. The van der Waals surface area contributed by atoms with E-state index in [1.54, 1.807) is 12.1 Å². The number of sulfonamides is 1. The Hall–Kier alpha value is -2.06. The van der Waals surface area contributed by atoms with Crippen LogP contribution < -0.4 is 14.5 Å². The summed E-state index contributed by atoms with van der Waals surface area (Å²) in [6.07, 6.45) is 0.553. The molecule has 1 aliphatic rings. The van der Waals surface area contributed by atoms with Crippen molar-refractivity contribution in [2.75, 3.05) is 46.5 Å². The number of rotatable bonds is 6. The van der Waals surface area contributed by atoms with Crippen LogP contribution in [0.2, 0.25) is 5.02 Å². The highest BCUT2D eigenvalue weighted by molar-refractivity contribution is 7.92. The van der Waals surface area contributed by atoms with Crippen molar-refractivity contribution < 1.29 is 8.42 Å². The van der Waals surface area contributed by atoms with Gasteiger partial charge in [0.1, 0.15) is 0 Å². The first-order valence-electron chi connectivity index (χ1n) is 8.56. The lowest BCUT2D eigenvalue weighted by Crippen LogP contribution is -2.46. The molecular formula is C17H22ClN5O2S. The molecule has 0 saturated carbocycles. The van der Waals surface area contributed by atoms with Gasteiger partial charge >= 0.3 is 0 Å². The maximum atomic E-state index is 11.8.